The summed E-state index contributed by atoms with van der Waals surface area (Å²) in [6.07, 6.45) is 5.67. The minimum absolute atomic E-state index is 0.0716. The number of carboxylic acid groups (broad SMARTS) is 1. The van der Waals surface area contributed by atoms with E-state index in [1.54, 1.807) is 24.9 Å². The second-order valence-corrected chi connectivity index (χ2v) is 9.92. The van der Waals surface area contributed by atoms with Crippen LogP contribution in [0.1, 0.15) is 62.1 Å². The Morgan fingerprint density at radius 1 is 1.30 bits per heavy atom. The standard InChI is InChI=1S/C25H32FNO6/c1-13-18-14-7-8-25(2,3)23(14)27-12-16(24(29)30)21(28)19(26)20(27)15(18)11-17(32-5)22(13)33-10-6-9-31-4/h11-14,18,23H,6-10H2,1-5H3,(H,29,30)/t13?,14-,18?,23+/m1/s1. The number of aromatic carboxylic acids is 1. The SMILES string of the molecule is COCCCOC1=C(OC)C=C2c3c(F)c(=O)c(C(=O)O)cn3[C@H]3[C@H](CCC3(C)C)C2C1C. The molecule has 0 aromatic carbocycles. The number of hydrogen-bond donors (Lipinski definition) is 1. The zero-order valence-corrected chi connectivity index (χ0v) is 19.8. The van der Waals surface area contributed by atoms with Gasteiger partial charge in [-0.25, -0.2) is 9.18 Å². The van der Waals surface area contributed by atoms with Gasteiger partial charge in [0.25, 0.3) is 0 Å². The molecule has 3 aliphatic rings. The predicted octanol–water partition coefficient (Wildman–Crippen LogP) is 4.24. The van der Waals surface area contributed by atoms with Gasteiger partial charge < -0.3 is 23.9 Å². The summed E-state index contributed by atoms with van der Waals surface area (Å²) in [5.74, 6) is -1.22. The van der Waals surface area contributed by atoms with E-state index in [-0.39, 0.29) is 34.9 Å². The molecule has 1 N–H and O–H groups in total. The Bertz CT molecular complexity index is 1090. The van der Waals surface area contributed by atoms with Crippen molar-refractivity contribution in [2.45, 2.75) is 46.1 Å². The predicted molar refractivity (Wildman–Crippen MR) is 120 cm³/mol. The molecule has 2 unspecified atom stereocenters. The van der Waals surface area contributed by atoms with E-state index >= 15 is 4.39 Å². The molecule has 4 atom stereocenters. The molecule has 0 spiro atoms. The highest BCUT2D eigenvalue weighted by atomic mass is 19.1. The van der Waals surface area contributed by atoms with Crippen LogP contribution in [0.25, 0.3) is 5.57 Å². The number of rotatable bonds is 7. The van der Waals surface area contributed by atoms with Crippen LogP contribution in [0.2, 0.25) is 0 Å². The zero-order chi connectivity index (χ0) is 24.1. The lowest BCUT2D eigenvalue weighted by Gasteiger charge is -2.47. The Hall–Kier alpha value is -2.61. The van der Waals surface area contributed by atoms with E-state index in [1.807, 2.05) is 0 Å². The highest BCUT2D eigenvalue weighted by Crippen LogP contribution is 2.61. The second-order valence-electron chi connectivity index (χ2n) is 9.92. The molecule has 4 rings (SSSR count). The monoisotopic (exact) mass is 461 g/mol. The number of pyridine rings is 1. The molecule has 1 fully saturated rings. The van der Waals surface area contributed by atoms with Crippen molar-refractivity contribution in [3.63, 3.8) is 0 Å². The highest BCUT2D eigenvalue weighted by molar-refractivity contribution is 5.88. The van der Waals surface area contributed by atoms with Crippen LogP contribution in [0.5, 0.6) is 0 Å². The summed E-state index contributed by atoms with van der Waals surface area (Å²) in [7, 11) is 3.19. The van der Waals surface area contributed by atoms with Gasteiger partial charge in [0.2, 0.25) is 5.43 Å². The fourth-order valence-corrected chi connectivity index (χ4v) is 6.17. The van der Waals surface area contributed by atoms with Crippen molar-refractivity contribution in [2.24, 2.45) is 23.2 Å². The van der Waals surface area contributed by atoms with Gasteiger partial charge in [-0.05, 0) is 35.8 Å². The Morgan fingerprint density at radius 2 is 2.03 bits per heavy atom. The van der Waals surface area contributed by atoms with Gasteiger partial charge in [-0.2, -0.15) is 0 Å². The van der Waals surface area contributed by atoms with Gasteiger partial charge in [-0.1, -0.05) is 20.8 Å². The minimum Gasteiger partial charge on any atom is -0.494 e. The highest BCUT2D eigenvalue weighted by Gasteiger charge is 2.54. The molecule has 0 amide bonds. The van der Waals surface area contributed by atoms with Gasteiger partial charge in [0.15, 0.2) is 11.6 Å². The normalized spacial score (nSPS) is 27.4. The first-order valence-electron chi connectivity index (χ1n) is 11.4. The number of carbonyl (C=O) groups is 1. The van der Waals surface area contributed by atoms with E-state index in [4.69, 9.17) is 14.2 Å². The maximum absolute atomic E-state index is 15.6. The third kappa shape index (κ3) is 3.68. The number of hydrogen-bond acceptors (Lipinski definition) is 5. The van der Waals surface area contributed by atoms with Gasteiger partial charge in [-0.3, -0.25) is 4.79 Å². The van der Waals surface area contributed by atoms with Gasteiger partial charge in [-0.15, -0.1) is 0 Å². The summed E-state index contributed by atoms with van der Waals surface area (Å²) in [5, 5.41) is 9.52. The molecule has 33 heavy (non-hydrogen) atoms. The van der Waals surface area contributed by atoms with E-state index in [1.165, 1.54) is 6.20 Å². The fraction of sp³-hybridized carbons (Fsp3) is 0.600. The van der Waals surface area contributed by atoms with Gasteiger partial charge in [0.1, 0.15) is 11.3 Å². The lowest BCUT2D eigenvalue weighted by atomic mass is 9.66. The van der Waals surface area contributed by atoms with E-state index < -0.39 is 22.8 Å². The maximum Gasteiger partial charge on any atom is 0.341 e. The smallest absolute Gasteiger partial charge is 0.341 e. The largest absolute Gasteiger partial charge is 0.494 e. The van der Waals surface area contributed by atoms with Gasteiger partial charge in [0, 0.05) is 44.2 Å². The van der Waals surface area contributed by atoms with Crippen LogP contribution in [0.4, 0.5) is 4.39 Å². The van der Waals surface area contributed by atoms with Crippen LogP contribution < -0.4 is 5.43 Å². The van der Waals surface area contributed by atoms with Crippen molar-refractivity contribution in [1.29, 1.82) is 0 Å². The first-order chi connectivity index (χ1) is 15.6. The van der Waals surface area contributed by atoms with Crippen LogP contribution in [0.15, 0.2) is 28.6 Å². The number of halogens is 1. The number of allylic oxidation sites excluding steroid dienone is 3. The Balaban J connectivity index is 1.92. The first-order valence-corrected chi connectivity index (χ1v) is 11.4. The number of methoxy groups -OCH3 is 2. The molecule has 2 heterocycles. The Labute approximate surface area is 192 Å². The van der Waals surface area contributed by atoms with E-state index in [2.05, 4.69) is 20.8 Å². The molecule has 0 radical (unpaired) electrons. The molecule has 8 heteroatoms. The minimum atomic E-state index is -1.42. The number of carboxylic acids is 1. The maximum atomic E-state index is 15.6. The molecule has 1 aliphatic heterocycles. The fourth-order valence-electron chi connectivity index (χ4n) is 6.17. The van der Waals surface area contributed by atoms with Crippen LogP contribution in [-0.2, 0) is 14.2 Å². The third-order valence-corrected chi connectivity index (χ3v) is 7.58. The molecule has 7 nitrogen and oxygen atoms in total. The molecule has 1 aromatic rings. The number of ether oxygens (including phenoxy) is 3. The topological polar surface area (TPSA) is 87.0 Å². The van der Waals surface area contributed by atoms with E-state index in [9.17, 15) is 14.7 Å². The van der Waals surface area contributed by atoms with Crippen molar-refractivity contribution >= 4 is 11.5 Å². The van der Waals surface area contributed by atoms with Crippen LogP contribution in [0, 0.1) is 29.0 Å². The van der Waals surface area contributed by atoms with Crippen LogP contribution >= 0.6 is 0 Å². The van der Waals surface area contributed by atoms with Gasteiger partial charge >= 0.3 is 5.97 Å². The summed E-state index contributed by atoms with van der Waals surface area (Å²) in [4.78, 5) is 24.3. The second kappa shape index (κ2) is 8.63. The summed E-state index contributed by atoms with van der Waals surface area (Å²) in [6, 6.07) is -0.135. The molecule has 0 bridgehead atoms. The lowest BCUT2D eigenvalue weighted by Crippen LogP contribution is -2.43. The summed E-state index contributed by atoms with van der Waals surface area (Å²) in [6.45, 7) is 7.36. The molecule has 0 saturated heterocycles. The number of aromatic nitrogens is 1. The van der Waals surface area contributed by atoms with Gasteiger partial charge in [0.05, 0.1) is 19.4 Å². The summed E-state index contributed by atoms with van der Waals surface area (Å²) < 4.78 is 34.2. The molecular formula is C25H32FNO6. The molecular weight excluding hydrogens is 429 g/mol. The molecule has 1 aromatic heterocycles. The lowest BCUT2D eigenvalue weighted by molar-refractivity contribution is 0.0689. The van der Waals surface area contributed by atoms with Crippen LogP contribution in [-0.4, -0.2) is 43.1 Å². The third-order valence-electron chi connectivity index (χ3n) is 7.58. The average molecular weight is 462 g/mol. The van der Waals surface area contributed by atoms with Crippen molar-refractivity contribution in [2.75, 3.05) is 27.4 Å². The first kappa shape index (κ1) is 23.5. The van der Waals surface area contributed by atoms with E-state index in [0.29, 0.717) is 24.5 Å². The van der Waals surface area contributed by atoms with E-state index in [0.717, 1.165) is 25.0 Å². The zero-order valence-electron chi connectivity index (χ0n) is 19.8. The van der Waals surface area contributed by atoms with Crippen LogP contribution in [0.3, 0.4) is 0 Å². The molecule has 180 valence electrons. The van der Waals surface area contributed by atoms with Crippen molar-refractivity contribution in [1.82, 2.24) is 4.57 Å². The summed E-state index contributed by atoms with van der Waals surface area (Å²) in [5.41, 5.74) is -0.961. The van der Waals surface area contributed by atoms with Crippen molar-refractivity contribution in [3.8, 4) is 0 Å². The van der Waals surface area contributed by atoms with Crippen molar-refractivity contribution < 1.29 is 28.5 Å². The Kier molecular flexibility index (Phi) is 6.16. The quantitative estimate of drug-likeness (QED) is 0.612. The van der Waals surface area contributed by atoms with Crippen molar-refractivity contribution in [3.05, 3.63) is 51.1 Å². The summed E-state index contributed by atoms with van der Waals surface area (Å²) >= 11 is 0. The number of nitrogens with zero attached hydrogens (tertiary/aromatic N) is 1. The molecule has 2 aliphatic carbocycles. The number of fused-ring (bicyclic) bond motifs is 6. The average Bonchev–Trinajstić information content (AvgIpc) is 3.08. The Morgan fingerprint density at radius 3 is 2.67 bits per heavy atom. The molecule has 1 saturated carbocycles.